The average molecular weight is 366 g/mol. The molecule has 0 saturated heterocycles. The zero-order valence-electron chi connectivity index (χ0n) is 15.3. The van der Waals surface area contributed by atoms with E-state index < -0.39 is 0 Å². The lowest BCUT2D eigenvalue weighted by molar-refractivity contribution is 0.0956. The van der Waals surface area contributed by atoms with Crippen LogP contribution in [0.5, 0.6) is 0 Å². The molecule has 0 aliphatic rings. The maximum atomic E-state index is 12.9. The minimum absolute atomic E-state index is 0.279. The van der Waals surface area contributed by atoms with Crippen molar-refractivity contribution in [1.29, 1.82) is 0 Å². The Bertz CT molecular complexity index is 1160. The van der Waals surface area contributed by atoms with Gasteiger partial charge in [0.15, 0.2) is 0 Å². The Labute approximate surface area is 162 Å². The molecule has 4 aromatic rings. The Morgan fingerprint density at radius 3 is 2.54 bits per heavy atom. The molecule has 0 spiro atoms. The molecule has 4 rings (SSSR count). The van der Waals surface area contributed by atoms with Gasteiger partial charge in [0, 0.05) is 23.3 Å². The van der Waals surface area contributed by atoms with E-state index >= 15 is 0 Å². The average Bonchev–Trinajstić information content (AvgIpc) is 2.77. The first-order valence-electron chi connectivity index (χ1n) is 8.92. The van der Waals surface area contributed by atoms with E-state index in [4.69, 9.17) is 0 Å². The highest BCUT2D eigenvalue weighted by Crippen LogP contribution is 2.24. The molecule has 0 aliphatic heterocycles. The Morgan fingerprint density at radius 1 is 0.964 bits per heavy atom. The standard InChI is InChI=1S/C23H18N4O/c1-16(17-8-3-2-4-9-17)26-27-23(28)20-14-22(18-10-7-13-24-15-18)25-21-12-6-5-11-19(20)21/h2-15H,1H3,(H,27,28). The summed E-state index contributed by atoms with van der Waals surface area (Å²) < 4.78 is 0. The molecule has 0 fully saturated rings. The van der Waals surface area contributed by atoms with Crippen LogP contribution in [0.15, 0.2) is 90.3 Å². The number of rotatable bonds is 4. The summed E-state index contributed by atoms with van der Waals surface area (Å²) in [6, 6.07) is 22.8. The molecule has 0 bridgehead atoms. The number of aromatic nitrogens is 2. The van der Waals surface area contributed by atoms with Gasteiger partial charge in [0.05, 0.1) is 22.5 Å². The molecular formula is C23H18N4O. The van der Waals surface area contributed by atoms with Crippen LogP contribution in [0.2, 0.25) is 0 Å². The number of pyridine rings is 2. The van der Waals surface area contributed by atoms with Crippen LogP contribution >= 0.6 is 0 Å². The van der Waals surface area contributed by atoms with Crippen molar-refractivity contribution in [3.63, 3.8) is 0 Å². The number of hydrogen-bond acceptors (Lipinski definition) is 4. The number of carbonyl (C=O) groups excluding carboxylic acids is 1. The summed E-state index contributed by atoms with van der Waals surface area (Å²) in [6.45, 7) is 1.86. The van der Waals surface area contributed by atoms with Crippen molar-refractivity contribution in [2.45, 2.75) is 6.92 Å². The molecule has 1 N–H and O–H groups in total. The molecule has 0 atom stereocenters. The highest BCUT2D eigenvalue weighted by atomic mass is 16.2. The Kier molecular flexibility index (Phi) is 4.89. The van der Waals surface area contributed by atoms with Crippen LogP contribution in [0.1, 0.15) is 22.8 Å². The van der Waals surface area contributed by atoms with Gasteiger partial charge in [-0.15, -0.1) is 0 Å². The lowest BCUT2D eigenvalue weighted by Crippen LogP contribution is -2.20. The number of carbonyl (C=O) groups is 1. The summed E-state index contributed by atoms with van der Waals surface area (Å²) in [5, 5.41) is 5.04. The first-order valence-corrected chi connectivity index (χ1v) is 8.92. The molecule has 0 aliphatic carbocycles. The van der Waals surface area contributed by atoms with Gasteiger partial charge >= 0.3 is 0 Å². The highest BCUT2D eigenvalue weighted by Gasteiger charge is 2.14. The van der Waals surface area contributed by atoms with E-state index in [1.807, 2.05) is 73.7 Å². The van der Waals surface area contributed by atoms with Crippen LogP contribution < -0.4 is 5.43 Å². The van der Waals surface area contributed by atoms with Crippen LogP contribution in [0.25, 0.3) is 22.2 Å². The Morgan fingerprint density at radius 2 is 1.75 bits per heavy atom. The molecule has 2 heterocycles. The maximum Gasteiger partial charge on any atom is 0.272 e. The van der Waals surface area contributed by atoms with E-state index in [1.165, 1.54) is 0 Å². The summed E-state index contributed by atoms with van der Waals surface area (Å²) in [5.74, 6) is -0.279. The molecule has 0 saturated carbocycles. The molecule has 5 nitrogen and oxygen atoms in total. The van der Waals surface area contributed by atoms with Crippen molar-refractivity contribution in [2.24, 2.45) is 5.10 Å². The molecule has 5 heteroatoms. The quantitative estimate of drug-likeness (QED) is 0.429. The lowest BCUT2D eigenvalue weighted by atomic mass is 10.0. The van der Waals surface area contributed by atoms with Gasteiger partial charge in [0.1, 0.15) is 0 Å². The minimum atomic E-state index is -0.279. The molecule has 2 aromatic carbocycles. The Hall–Kier alpha value is -3.86. The Balaban J connectivity index is 1.72. The largest absolute Gasteiger partial charge is 0.272 e. The fourth-order valence-electron chi connectivity index (χ4n) is 2.96. The van der Waals surface area contributed by atoms with Gasteiger partial charge in [-0.05, 0) is 36.8 Å². The fourth-order valence-corrected chi connectivity index (χ4v) is 2.96. The number of fused-ring (bicyclic) bond motifs is 1. The normalized spacial score (nSPS) is 11.4. The molecule has 2 aromatic heterocycles. The fraction of sp³-hybridized carbons (Fsp3) is 0.0435. The summed E-state index contributed by atoms with van der Waals surface area (Å²) >= 11 is 0. The van der Waals surface area contributed by atoms with Gasteiger partial charge in [-0.3, -0.25) is 9.78 Å². The van der Waals surface area contributed by atoms with Gasteiger partial charge in [-0.25, -0.2) is 10.4 Å². The third-order valence-corrected chi connectivity index (χ3v) is 4.43. The van der Waals surface area contributed by atoms with Gasteiger partial charge < -0.3 is 0 Å². The second kappa shape index (κ2) is 7.80. The molecule has 28 heavy (non-hydrogen) atoms. The minimum Gasteiger partial charge on any atom is -0.267 e. The molecular weight excluding hydrogens is 348 g/mol. The molecule has 1 amide bonds. The molecule has 136 valence electrons. The van der Waals surface area contributed by atoms with Crippen molar-refractivity contribution >= 4 is 22.5 Å². The number of hydrazone groups is 1. The van der Waals surface area contributed by atoms with Crippen LogP contribution in [0.3, 0.4) is 0 Å². The van der Waals surface area contributed by atoms with Crippen LogP contribution in [-0.2, 0) is 0 Å². The van der Waals surface area contributed by atoms with Crippen LogP contribution in [-0.4, -0.2) is 21.6 Å². The van der Waals surface area contributed by atoms with E-state index in [1.54, 1.807) is 18.5 Å². The summed E-state index contributed by atoms with van der Waals surface area (Å²) in [6.07, 6.45) is 3.44. The second-order valence-corrected chi connectivity index (χ2v) is 6.32. The summed E-state index contributed by atoms with van der Waals surface area (Å²) in [7, 11) is 0. The predicted octanol–water partition coefficient (Wildman–Crippen LogP) is 4.45. The number of benzene rings is 2. The van der Waals surface area contributed by atoms with Gasteiger partial charge in [-0.1, -0.05) is 48.5 Å². The van der Waals surface area contributed by atoms with Crippen LogP contribution in [0, 0.1) is 0 Å². The summed E-state index contributed by atoms with van der Waals surface area (Å²) in [5.41, 5.74) is 7.18. The predicted molar refractivity (Wildman–Crippen MR) is 111 cm³/mol. The monoisotopic (exact) mass is 366 g/mol. The smallest absolute Gasteiger partial charge is 0.267 e. The molecule has 0 unspecified atom stereocenters. The topological polar surface area (TPSA) is 67.2 Å². The zero-order chi connectivity index (χ0) is 19.3. The van der Waals surface area contributed by atoms with Crippen molar-refractivity contribution in [1.82, 2.24) is 15.4 Å². The second-order valence-electron chi connectivity index (χ2n) is 6.32. The van der Waals surface area contributed by atoms with E-state index in [0.29, 0.717) is 11.3 Å². The zero-order valence-corrected chi connectivity index (χ0v) is 15.3. The first-order chi connectivity index (χ1) is 13.7. The van der Waals surface area contributed by atoms with Crippen molar-refractivity contribution < 1.29 is 4.79 Å². The van der Waals surface area contributed by atoms with Crippen molar-refractivity contribution in [3.8, 4) is 11.3 Å². The lowest BCUT2D eigenvalue weighted by Gasteiger charge is -2.09. The molecule has 0 radical (unpaired) electrons. The van der Waals surface area contributed by atoms with Crippen molar-refractivity contribution in [2.75, 3.05) is 0 Å². The number of hydrogen-bond donors (Lipinski definition) is 1. The number of para-hydroxylation sites is 1. The van der Waals surface area contributed by atoms with Gasteiger partial charge in [-0.2, -0.15) is 5.10 Å². The first kappa shape index (κ1) is 17.5. The van der Waals surface area contributed by atoms with E-state index in [2.05, 4.69) is 20.5 Å². The van der Waals surface area contributed by atoms with Crippen LogP contribution in [0.4, 0.5) is 0 Å². The van der Waals surface area contributed by atoms with E-state index in [-0.39, 0.29) is 5.91 Å². The summed E-state index contributed by atoms with van der Waals surface area (Å²) in [4.78, 5) is 21.7. The number of nitrogens with zero attached hydrogens (tertiary/aromatic N) is 3. The highest BCUT2D eigenvalue weighted by molar-refractivity contribution is 6.08. The van der Waals surface area contributed by atoms with E-state index in [9.17, 15) is 4.79 Å². The maximum absolute atomic E-state index is 12.9. The number of amides is 1. The number of nitrogens with one attached hydrogen (secondary N) is 1. The van der Waals surface area contributed by atoms with Gasteiger partial charge in [0.25, 0.3) is 5.91 Å². The van der Waals surface area contributed by atoms with Crippen molar-refractivity contribution in [3.05, 3.63) is 96.3 Å². The SMILES string of the molecule is CC(=NNC(=O)c1cc(-c2cccnc2)nc2ccccc12)c1ccccc1. The van der Waals surface area contributed by atoms with E-state index in [0.717, 1.165) is 27.7 Å². The third-order valence-electron chi connectivity index (χ3n) is 4.43. The third kappa shape index (κ3) is 3.64. The van der Waals surface area contributed by atoms with Gasteiger partial charge in [0.2, 0.25) is 0 Å².